The molecule has 2 atom stereocenters. The number of rotatable bonds is 5. The summed E-state index contributed by atoms with van der Waals surface area (Å²) in [5, 5.41) is 14.1. The van der Waals surface area contributed by atoms with E-state index in [-0.39, 0.29) is 6.04 Å². The maximum absolute atomic E-state index is 9.89. The van der Waals surface area contributed by atoms with Gasteiger partial charge in [-0.25, -0.2) is 4.98 Å². The normalized spacial score (nSPS) is 15.8. The van der Waals surface area contributed by atoms with Crippen LogP contribution in [0.5, 0.6) is 0 Å². The maximum Gasteiger partial charge on any atom is 0.161 e. The van der Waals surface area contributed by atoms with Crippen molar-refractivity contribution >= 4 is 0 Å². The van der Waals surface area contributed by atoms with E-state index in [0.717, 1.165) is 16.8 Å². The van der Waals surface area contributed by atoms with Gasteiger partial charge in [-0.1, -0.05) is 29.1 Å². The zero-order chi connectivity index (χ0) is 18.8. The number of aliphatic hydroxyl groups is 1. The Morgan fingerprint density at radius 3 is 2.78 bits per heavy atom. The second-order valence-corrected chi connectivity index (χ2v) is 6.86. The number of hydrogen-bond acceptors (Lipinski definition) is 5. The molecule has 1 saturated carbocycles. The molecule has 6 nitrogen and oxygen atoms in total. The van der Waals surface area contributed by atoms with E-state index in [1.807, 2.05) is 34.9 Å². The van der Waals surface area contributed by atoms with Gasteiger partial charge in [-0.05, 0) is 31.9 Å². The number of aliphatic hydroxyl groups excluding tert-OH is 1. The molecule has 1 aliphatic rings. The predicted molar refractivity (Wildman–Crippen MR) is 102 cm³/mol. The number of aromatic nitrogens is 3. The number of nitrogens with zero attached hydrogens (tertiary/aromatic N) is 3. The Bertz CT molecular complexity index is 972. The van der Waals surface area contributed by atoms with Crippen molar-refractivity contribution in [2.24, 2.45) is 11.7 Å². The molecule has 0 unspecified atom stereocenters. The van der Waals surface area contributed by atoms with Crippen molar-refractivity contribution in [2.75, 3.05) is 6.54 Å². The fourth-order valence-electron chi connectivity index (χ4n) is 3.00. The lowest BCUT2D eigenvalue weighted by Crippen LogP contribution is -2.22. The van der Waals surface area contributed by atoms with Gasteiger partial charge in [-0.3, -0.25) is 0 Å². The standard InChI is InChI=1S/C21H22N4O2/c1-14(26)21-23-10-11-25(21)19(13-22)20-12-18(24-27-20)17-8-6-16(7-9-17)5-4-15-2-3-15/h6-12,14-15,19,26H,2-3,13,22H2,1H3/t14-,19+/m0/s1. The maximum atomic E-state index is 9.89. The molecule has 0 radical (unpaired) electrons. The Balaban J connectivity index is 1.57. The van der Waals surface area contributed by atoms with Gasteiger partial charge in [-0.15, -0.1) is 0 Å². The average molecular weight is 362 g/mol. The van der Waals surface area contributed by atoms with Crippen LogP contribution in [0.2, 0.25) is 0 Å². The SMILES string of the molecule is C[C@H](O)c1nccn1[C@H](CN)c1cc(-c2ccc(C#CC3CC3)cc2)no1. The summed E-state index contributed by atoms with van der Waals surface area (Å²) >= 11 is 0. The molecule has 6 heteroatoms. The van der Waals surface area contributed by atoms with Crippen molar-refractivity contribution in [3.05, 3.63) is 59.9 Å². The molecule has 2 aromatic heterocycles. The Kier molecular flexibility index (Phi) is 4.80. The van der Waals surface area contributed by atoms with Gasteiger partial charge in [0.2, 0.25) is 0 Å². The topological polar surface area (TPSA) is 90.1 Å². The minimum Gasteiger partial charge on any atom is -0.385 e. The molecule has 4 rings (SSSR count). The molecule has 3 aromatic rings. The van der Waals surface area contributed by atoms with Crippen molar-refractivity contribution in [1.82, 2.24) is 14.7 Å². The van der Waals surface area contributed by atoms with Crippen molar-refractivity contribution in [3.8, 4) is 23.1 Å². The summed E-state index contributed by atoms with van der Waals surface area (Å²) < 4.78 is 7.38. The highest BCUT2D eigenvalue weighted by molar-refractivity contribution is 5.60. The van der Waals surface area contributed by atoms with E-state index in [9.17, 15) is 5.11 Å². The third-order valence-corrected chi connectivity index (χ3v) is 4.67. The first-order valence-electron chi connectivity index (χ1n) is 9.15. The van der Waals surface area contributed by atoms with Crippen LogP contribution in [0.1, 0.15) is 49.1 Å². The van der Waals surface area contributed by atoms with Crippen LogP contribution in [0.4, 0.5) is 0 Å². The third kappa shape index (κ3) is 3.80. The molecule has 1 aromatic carbocycles. The minimum atomic E-state index is -0.694. The lowest BCUT2D eigenvalue weighted by Gasteiger charge is -2.17. The molecule has 0 bridgehead atoms. The highest BCUT2D eigenvalue weighted by atomic mass is 16.5. The van der Waals surface area contributed by atoms with Gasteiger partial charge in [0.1, 0.15) is 23.7 Å². The van der Waals surface area contributed by atoms with Crippen molar-refractivity contribution in [3.63, 3.8) is 0 Å². The van der Waals surface area contributed by atoms with Crippen LogP contribution in [0.15, 0.2) is 47.2 Å². The van der Waals surface area contributed by atoms with Gasteiger partial charge >= 0.3 is 0 Å². The summed E-state index contributed by atoms with van der Waals surface area (Å²) in [5.41, 5.74) is 8.67. The monoisotopic (exact) mass is 362 g/mol. The van der Waals surface area contributed by atoms with Gasteiger partial charge in [0.25, 0.3) is 0 Å². The zero-order valence-corrected chi connectivity index (χ0v) is 15.2. The first kappa shape index (κ1) is 17.5. The number of nitrogens with two attached hydrogens (primary N) is 1. The van der Waals surface area contributed by atoms with Gasteiger partial charge in [0.15, 0.2) is 5.76 Å². The zero-order valence-electron chi connectivity index (χ0n) is 15.2. The van der Waals surface area contributed by atoms with Gasteiger partial charge in [0.05, 0.1) is 0 Å². The minimum absolute atomic E-state index is 0.276. The number of imidazole rings is 1. The van der Waals surface area contributed by atoms with Crippen molar-refractivity contribution in [2.45, 2.75) is 31.9 Å². The number of hydrogen-bond donors (Lipinski definition) is 2. The second kappa shape index (κ2) is 7.39. The smallest absolute Gasteiger partial charge is 0.161 e. The summed E-state index contributed by atoms with van der Waals surface area (Å²) in [7, 11) is 0. The fourth-order valence-corrected chi connectivity index (χ4v) is 3.00. The molecule has 1 aliphatic carbocycles. The molecule has 0 spiro atoms. The highest BCUT2D eigenvalue weighted by Crippen LogP contribution is 2.28. The van der Waals surface area contributed by atoms with Gasteiger partial charge < -0.3 is 19.9 Å². The van der Waals surface area contributed by atoms with Gasteiger partial charge in [-0.2, -0.15) is 0 Å². The Hall–Kier alpha value is -2.88. The van der Waals surface area contributed by atoms with E-state index >= 15 is 0 Å². The summed E-state index contributed by atoms with van der Waals surface area (Å²) in [6.07, 6.45) is 5.19. The molecule has 0 amide bonds. The van der Waals surface area contributed by atoms with Gasteiger partial charge in [0, 0.05) is 42.0 Å². The number of benzene rings is 1. The summed E-state index contributed by atoms with van der Waals surface area (Å²) in [6.45, 7) is 1.98. The lowest BCUT2D eigenvalue weighted by atomic mass is 10.1. The Labute approximate surface area is 158 Å². The van der Waals surface area contributed by atoms with E-state index < -0.39 is 6.10 Å². The van der Waals surface area contributed by atoms with Crippen LogP contribution in [0, 0.1) is 17.8 Å². The van der Waals surface area contributed by atoms with E-state index in [0.29, 0.717) is 24.0 Å². The van der Waals surface area contributed by atoms with Crippen LogP contribution < -0.4 is 5.73 Å². The third-order valence-electron chi connectivity index (χ3n) is 4.67. The fraction of sp³-hybridized carbons (Fsp3) is 0.333. The molecule has 0 saturated heterocycles. The van der Waals surface area contributed by atoms with Crippen LogP contribution in [-0.4, -0.2) is 26.4 Å². The van der Waals surface area contributed by atoms with Crippen molar-refractivity contribution < 1.29 is 9.63 Å². The van der Waals surface area contributed by atoms with E-state index in [4.69, 9.17) is 10.3 Å². The quantitative estimate of drug-likeness (QED) is 0.681. The summed E-state index contributed by atoms with van der Waals surface area (Å²) in [5.74, 6) is 8.23. The summed E-state index contributed by atoms with van der Waals surface area (Å²) in [6, 6.07) is 9.60. The molecule has 0 aliphatic heterocycles. The molecule has 3 N–H and O–H groups in total. The first-order valence-corrected chi connectivity index (χ1v) is 9.15. The predicted octanol–water partition coefficient (Wildman–Crippen LogP) is 2.90. The van der Waals surface area contributed by atoms with Crippen LogP contribution in [0.3, 0.4) is 0 Å². The first-order chi connectivity index (χ1) is 13.2. The Morgan fingerprint density at radius 2 is 2.11 bits per heavy atom. The van der Waals surface area contributed by atoms with Crippen LogP contribution in [0.25, 0.3) is 11.3 Å². The molecule has 1 fully saturated rings. The molecular formula is C21H22N4O2. The molecule has 2 heterocycles. The highest BCUT2D eigenvalue weighted by Gasteiger charge is 2.22. The van der Waals surface area contributed by atoms with Crippen LogP contribution >= 0.6 is 0 Å². The lowest BCUT2D eigenvalue weighted by molar-refractivity contribution is 0.180. The average Bonchev–Trinajstić information content (AvgIpc) is 3.16. The summed E-state index contributed by atoms with van der Waals surface area (Å²) in [4.78, 5) is 4.20. The largest absolute Gasteiger partial charge is 0.385 e. The molecule has 27 heavy (non-hydrogen) atoms. The second-order valence-electron chi connectivity index (χ2n) is 6.86. The van der Waals surface area contributed by atoms with E-state index in [1.54, 1.807) is 19.3 Å². The van der Waals surface area contributed by atoms with Crippen molar-refractivity contribution in [1.29, 1.82) is 0 Å². The molecule has 138 valence electrons. The van der Waals surface area contributed by atoms with E-state index in [1.165, 1.54) is 12.8 Å². The molecular weight excluding hydrogens is 340 g/mol. The van der Waals surface area contributed by atoms with E-state index in [2.05, 4.69) is 22.0 Å². The van der Waals surface area contributed by atoms with Crippen LogP contribution in [-0.2, 0) is 0 Å². The Morgan fingerprint density at radius 1 is 1.33 bits per heavy atom.